The van der Waals surface area contributed by atoms with E-state index in [1.807, 2.05) is 67.1 Å². The lowest BCUT2D eigenvalue weighted by molar-refractivity contribution is 0.330. The molecule has 0 spiro atoms. The first kappa shape index (κ1) is 38.9. The second-order valence-electron chi connectivity index (χ2n) is 15.8. The molecule has 7 nitrogen and oxygen atoms in total. The minimum atomic E-state index is -0.0388. The van der Waals surface area contributed by atoms with Crippen LogP contribution >= 0.6 is 0 Å². The summed E-state index contributed by atoms with van der Waals surface area (Å²) in [5.41, 5.74) is 12.3. The van der Waals surface area contributed by atoms with Gasteiger partial charge in [-0.25, -0.2) is 0 Å². The number of aromatic nitrogens is 4. The van der Waals surface area contributed by atoms with Crippen molar-refractivity contribution in [2.45, 2.75) is 59.3 Å². The molecule has 0 aliphatic heterocycles. The molecule has 0 saturated carbocycles. The van der Waals surface area contributed by atoms with Crippen LogP contribution < -0.4 is 11.1 Å². The lowest BCUT2D eigenvalue weighted by Gasteiger charge is -2.34. The first-order valence-corrected chi connectivity index (χ1v) is 19.9. The third kappa shape index (κ3) is 8.56. The molecule has 0 bridgehead atoms. The average Bonchev–Trinajstić information content (AvgIpc) is 3.22. The Morgan fingerprint density at radius 2 is 1.30 bits per heavy atom. The zero-order valence-corrected chi connectivity index (χ0v) is 33.2. The first-order chi connectivity index (χ1) is 27.6. The highest BCUT2D eigenvalue weighted by atomic mass is 16.1. The van der Waals surface area contributed by atoms with Crippen LogP contribution in [0.1, 0.15) is 84.3 Å². The second-order valence-corrected chi connectivity index (χ2v) is 15.8. The van der Waals surface area contributed by atoms with Crippen molar-refractivity contribution < 1.29 is 0 Å². The number of nitriles is 1. The van der Waals surface area contributed by atoms with Crippen LogP contribution in [0.15, 0.2) is 131 Å². The van der Waals surface area contributed by atoms with Crippen LogP contribution in [0.5, 0.6) is 0 Å². The number of H-pyrrole nitrogens is 2. The van der Waals surface area contributed by atoms with E-state index < -0.39 is 0 Å². The third-order valence-electron chi connectivity index (χ3n) is 12.2. The van der Waals surface area contributed by atoms with Crippen molar-refractivity contribution in [3.8, 4) is 28.3 Å². The summed E-state index contributed by atoms with van der Waals surface area (Å²) in [6.07, 6.45) is 17.7. The molecule has 4 aromatic heterocycles. The summed E-state index contributed by atoms with van der Waals surface area (Å²) in [6.45, 7) is 11.1. The van der Waals surface area contributed by atoms with E-state index in [-0.39, 0.29) is 23.0 Å². The van der Waals surface area contributed by atoms with Crippen LogP contribution in [-0.2, 0) is 12.8 Å². The fourth-order valence-electron chi connectivity index (χ4n) is 8.42. The van der Waals surface area contributed by atoms with Gasteiger partial charge in [0.15, 0.2) is 0 Å². The molecule has 2 aromatic carbocycles. The molecule has 7 heteroatoms. The summed E-state index contributed by atoms with van der Waals surface area (Å²) in [7, 11) is 0. The number of fused-ring (bicyclic) bond motifs is 2. The third-order valence-corrected chi connectivity index (χ3v) is 12.2. The number of allylic oxidation sites excluding steroid dienone is 2. The molecular weight excluding hydrogens is 703 g/mol. The van der Waals surface area contributed by atoms with Gasteiger partial charge in [0, 0.05) is 64.9 Å². The van der Waals surface area contributed by atoms with Gasteiger partial charge in [0.2, 0.25) is 5.56 Å². The van der Waals surface area contributed by atoms with Crippen molar-refractivity contribution in [2.24, 2.45) is 23.7 Å². The Bertz CT molecular complexity index is 2570. The number of hydrogen-bond donors (Lipinski definition) is 2. The van der Waals surface area contributed by atoms with E-state index in [0.29, 0.717) is 29.2 Å². The van der Waals surface area contributed by atoms with Gasteiger partial charge in [-0.1, -0.05) is 94.4 Å². The normalized spacial score (nSPS) is 21.3. The van der Waals surface area contributed by atoms with Crippen molar-refractivity contribution >= 4 is 12.2 Å². The number of nitrogens with zero attached hydrogens (tertiary/aromatic N) is 3. The first-order valence-electron chi connectivity index (χ1n) is 19.9. The number of nitrogens with one attached hydrogen (secondary N) is 2. The van der Waals surface area contributed by atoms with E-state index in [1.165, 1.54) is 22.3 Å². The van der Waals surface area contributed by atoms with Gasteiger partial charge in [-0.2, -0.15) is 5.26 Å². The number of rotatable bonds is 6. The quantitative estimate of drug-likeness (QED) is 0.176. The monoisotopic (exact) mass is 751 g/mol. The largest absolute Gasteiger partial charge is 0.329 e. The van der Waals surface area contributed by atoms with Crippen molar-refractivity contribution in [3.05, 3.63) is 187 Å². The molecule has 2 aliphatic rings. The van der Waals surface area contributed by atoms with Gasteiger partial charge in [0.05, 0.1) is 23.0 Å². The molecule has 2 N–H and O–H groups in total. The highest BCUT2D eigenvalue weighted by Gasteiger charge is 2.32. The Hall–Kier alpha value is -6.39. The second kappa shape index (κ2) is 17.2. The smallest absolute Gasteiger partial charge is 0.252 e. The predicted octanol–water partition coefficient (Wildman–Crippen LogP) is 10.3. The highest BCUT2D eigenvalue weighted by molar-refractivity contribution is 5.70. The van der Waals surface area contributed by atoms with E-state index in [2.05, 4.69) is 115 Å². The van der Waals surface area contributed by atoms with Gasteiger partial charge in [0.1, 0.15) is 0 Å². The van der Waals surface area contributed by atoms with E-state index in [1.54, 1.807) is 12.3 Å². The summed E-state index contributed by atoms with van der Waals surface area (Å²) < 4.78 is 0. The van der Waals surface area contributed by atoms with Gasteiger partial charge in [0.25, 0.3) is 5.56 Å². The van der Waals surface area contributed by atoms with Crippen molar-refractivity contribution in [2.75, 3.05) is 0 Å². The Morgan fingerprint density at radius 3 is 1.95 bits per heavy atom. The zero-order valence-electron chi connectivity index (χ0n) is 33.2. The van der Waals surface area contributed by atoms with Crippen LogP contribution in [0, 0.1) is 41.9 Å². The maximum Gasteiger partial charge on any atom is 0.252 e. The van der Waals surface area contributed by atoms with Crippen LogP contribution in [0.25, 0.3) is 34.4 Å². The van der Waals surface area contributed by atoms with Crippen molar-refractivity contribution in [1.29, 1.82) is 5.26 Å². The number of hydrogen-bond acceptors (Lipinski definition) is 5. The van der Waals surface area contributed by atoms with E-state index in [9.17, 15) is 14.9 Å². The van der Waals surface area contributed by atoms with Gasteiger partial charge in [-0.05, 0) is 108 Å². The molecule has 0 unspecified atom stereocenters. The van der Waals surface area contributed by atoms with Crippen LogP contribution in [0.3, 0.4) is 0 Å². The van der Waals surface area contributed by atoms with Crippen molar-refractivity contribution in [3.63, 3.8) is 0 Å². The van der Waals surface area contributed by atoms with E-state index >= 15 is 0 Å². The molecule has 6 atom stereocenters. The summed E-state index contributed by atoms with van der Waals surface area (Å²) in [5.74, 6) is 2.30. The van der Waals surface area contributed by atoms with Crippen molar-refractivity contribution in [1.82, 2.24) is 19.9 Å². The number of benzene rings is 2. The molecular formula is C50H49N5O2. The Balaban J connectivity index is 0.000000174. The topological polar surface area (TPSA) is 115 Å². The summed E-state index contributed by atoms with van der Waals surface area (Å²) in [4.78, 5) is 39.1. The molecule has 4 heterocycles. The van der Waals surface area contributed by atoms with E-state index in [0.717, 1.165) is 52.0 Å². The lowest BCUT2D eigenvalue weighted by Crippen LogP contribution is -2.31. The maximum atomic E-state index is 12.5. The highest BCUT2D eigenvalue weighted by Crippen LogP contribution is 2.40. The molecule has 57 heavy (non-hydrogen) atoms. The summed E-state index contributed by atoms with van der Waals surface area (Å²) >= 11 is 0. The van der Waals surface area contributed by atoms with Gasteiger partial charge in [-0.15, -0.1) is 0 Å². The molecule has 0 saturated heterocycles. The fraction of sp³-hybridized carbons (Fsp3) is 0.260. The lowest BCUT2D eigenvalue weighted by atomic mass is 9.71. The Morgan fingerprint density at radius 1 is 0.702 bits per heavy atom. The fourth-order valence-corrected chi connectivity index (χ4v) is 8.42. The number of pyridine rings is 4. The van der Waals surface area contributed by atoms with Crippen LogP contribution in [0.2, 0.25) is 0 Å². The van der Waals surface area contributed by atoms with E-state index in [4.69, 9.17) is 0 Å². The number of aromatic amines is 2. The molecule has 0 amide bonds. The predicted molar refractivity (Wildman–Crippen MR) is 231 cm³/mol. The molecule has 2 aliphatic carbocycles. The van der Waals surface area contributed by atoms with Gasteiger partial charge >= 0.3 is 0 Å². The summed E-state index contributed by atoms with van der Waals surface area (Å²) in [5, 5.41) is 9.30. The molecule has 286 valence electrons. The molecule has 6 aromatic rings. The average molecular weight is 752 g/mol. The standard InChI is InChI=1S/C25H23N3O.C25H26N2O/c1-16-11-20-12-25(29)28-15-24(20)22(17(16)2)10-9-21-8-7-19(14-27-21)23-6-4-3-5-18(23)13-26;1-16-6-4-5-7-22(16)20-8-9-21(27-15-20)10-11-23-18(3)17(2)14-19-12-13-26-25(28)24(19)23/h3-10,12,14-17,22H,11H2,1-2H3,(H,28,29);4-13,15,17-18,23H,14H2,1-3H3,(H,26,28)/b10-9+;11-10+/t16-,17+,22-;17-,18+,23-/m00/s1. The minimum absolute atomic E-state index is 0.0359. The molecule has 0 radical (unpaired) electrons. The maximum absolute atomic E-state index is 12.5. The zero-order chi connectivity index (χ0) is 40.1. The van der Waals surface area contributed by atoms with Gasteiger partial charge in [-0.3, -0.25) is 19.6 Å². The summed E-state index contributed by atoms with van der Waals surface area (Å²) in [6, 6.07) is 30.0. The van der Waals surface area contributed by atoms with Gasteiger partial charge < -0.3 is 9.97 Å². The van der Waals surface area contributed by atoms with Crippen LogP contribution in [0.4, 0.5) is 0 Å². The Kier molecular flexibility index (Phi) is 11.7. The molecule has 0 fully saturated rings. The SMILES string of the molecule is C[C@H]1[C@H](/C=C/c2ccc(-c3ccccc3C#N)cn2)c2c[nH]c(=O)cc2C[C@@H]1C.Cc1ccccc1-c1ccc(/C=C/[C@@H]2c3c(cc[nH]c3=O)C[C@H](C)[C@H]2C)nc1. The molecule has 8 rings (SSSR count). The minimum Gasteiger partial charge on any atom is -0.329 e. The Labute approximate surface area is 334 Å². The number of aryl methyl sites for hydroxylation is 1. The van der Waals surface area contributed by atoms with Crippen LogP contribution in [-0.4, -0.2) is 19.9 Å².